The number of benzene rings is 1. The third-order valence-corrected chi connectivity index (χ3v) is 3.09. The van der Waals surface area contributed by atoms with Gasteiger partial charge in [0, 0.05) is 12.5 Å². The molecule has 0 radical (unpaired) electrons. The van der Waals surface area contributed by atoms with Crippen LogP contribution in [0.5, 0.6) is 5.75 Å². The maximum absolute atomic E-state index is 12.1. The van der Waals surface area contributed by atoms with Gasteiger partial charge >= 0.3 is 0 Å². The molecule has 0 aliphatic rings. The summed E-state index contributed by atoms with van der Waals surface area (Å²) in [4.78, 5) is 26.7. The molecule has 2 rings (SSSR count). The van der Waals surface area contributed by atoms with Gasteiger partial charge in [-0.1, -0.05) is 26.0 Å². The Morgan fingerprint density at radius 3 is 2.61 bits per heavy atom. The SMILES string of the molecule is CC(C)c1ocnc1C(=O)NCc1ccc(OCC(N)=O)cc1. The molecule has 0 spiro atoms. The molecule has 2 amide bonds. The maximum Gasteiger partial charge on any atom is 0.273 e. The van der Waals surface area contributed by atoms with Crippen LogP contribution in [-0.2, 0) is 11.3 Å². The van der Waals surface area contributed by atoms with Crippen LogP contribution in [0.15, 0.2) is 35.1 Å². The van der Waals surface area contributed by atoms with Gasteiger partial charge in [-0.2, -0.15) is 0 Å². The van der Waals surface area contributed by atoms with E-state index in [2.05, 4.69) is 10.3 Å². The van der Waals surface area contributed by atoms with E-state index in [1.165, 1.54) is 6.39 Å². The molecule has 7 nitrogen and oxygen atoms in total. The van der Waals surface area contributed by atoms with E-state index in [0.29, 0.717) is 23.7 Å². The lowest BCUT2D eigenvalue weighted by atomic mass is 10.1. The van der Waals surface area contributed by atoms with Crippen LogP contribution >= 0.6 is 0 Å². The Kier molecular flexibility index (Phi) is 5.35. The maximum atomic E-state index is 12.1. The first-order chi connectivity index (χ1) is 11.0. The third-order valence-electron chi connectivity index (χ3n) is 3.09. The number of nitrogens with zero attached hydrogens (tertiary/aromatic N) is 1. The summed E-state index contributed by atoms with van der Waals surface area (Å²) in [5.41, 5.74) is 6.20. The Hall–Kier alpha value is -2.83. The molecule has 1 heterocycles. The topological polar surface area (TPSA) is 107 Å². The number of nitrogens with two attached hydrogens (primary N) is 1. The Morgan fingerprint density at radius 1 is 1.30 bits per heavy atom. The molecule has 1 aromatic heterocycles. The number of hydrogen-bond acceptors (Lipinski definition) is 5. The zero-order chi connectivity index (χ0) is 16.8. The minimum absolute atomic E-state index is 0.0833. The average Bonchev–Trinajstić information content (AvgIpc) is 3.01. The van der Waals surface area contributed by atoms with Gasteiger partial charge in [-0.25, -0.2) is 4.98 Å². The lowest BCUT2D eigenvalue weighted by Crippen LogP contribution is -2.24. The molecular weight excluding hydrogens is 298 g/mol. The summed E-state index contributed by atoms with van der Waals surface area (Å²) in [5, 5.41) is 2.79. The molecule has 7 heteroatoms. The van der Waals surface area contributed by atoms with Crippen molar-refractivity contribution in [1.29, 1.82) is 0 Å². The summed E-state index contributed by atoms with van der Waals surface area (Å²) in [5.74, 6) is 0.376. The number of carbonyl (C=O) groups is 2. The summed E-state index contributed by atoms with van der Waals surface area (Å²) in [6.07, 6.45) is 1.27. The predicted octanol–water partition coefficient (Wildman–Crippen LogP) is 1.59. The van der Waals surface area contributed by atoms with Crippen LogP contribution in [0.1, 0.15) is 41.6 Å². The molecule has 0 aliphatic carbocycles. The molecule has 0 atom stereocenters. The normalized spacial score (nSPS) is 10.6. The first kappa shape index (κ1) is 16.5. The summed E-state index contributed by atoms with van der Waals surface area (Å²) in [7, 11) is 0. The Balaban J connectivity index is 1.91. The fraction of sp³-hybridized carbons (Fsp3) is 0.312. The Morgan fingerprint density at radius 2 is 2.00 bits per heavy atom. The van der Waals surface area contributed by atoms with Crippen molar-refractivity contribution < 1.29 is 18.7 Å². The minimum atomic E-state index is -0.532. The largest absolute Gasteiger partial charge is 0.484 e. The zero-order valence-electron chi connectivity index (χ0n) is 13.0. The highest BCUT2D eigenvalue weighted by Crippen LogP contribution is 2.18. The van der Waals surface area contributed by atoms with Gasteiger partial charge in [0.25, 0.3) is 11.8 Å². The highest BCUT2D eigenvalue weighted by molar-refractivity contribution is 5.93. The van der Waals surface area contributed by atoms with Crippen LogP contribution in [0.25, 0.3) is 0 Å². The first-order valence-electron chi connectivity index (χ1n) is 7.19. The molecule has 0 saturated heterocycles. The molecule has 0 unspecified atom stereocenters. The second kappa shape index (κ2) is 7.44. The highest BCUT2D eigenvalue weighted by atomic mass is 16.5. The Labute approximate surface area is 133 Å². The zero-order valence-corrected chi connectivity index (χ0v) is 13.0. The fourth-order valence-electron chi connectivity index (χ4n) is 1.96. The summed E-state index contributed by atoms with van der Waals surface area (Å²) in [6, 6.07) is 7.01. The second-order valence-corrected chi connectivity index (χ2v) is 5.30. The molecule has 1 aromatic carbocycles. The van der Waals surface area contributed by atoms with Crippen molar-refractivity contribution in [2.24, 2.45) is 5.73 Å². The minimum Gasteiger partial charge on any atom is -0.484 e. The van der Waals surface area contributed by atoms with E-state index < -0.39 is 5.91 Å². The van der Waals surface area contributed by atoms with Gasteiger partial charge in [-0.3, -0.25) is 9.59 Å². The first-order valence-corrected chi connectivity index (χ1v) is 7.19. The van der Waals surface area contributed by atoms with E-state index in [0.717, 1.165) is 5.56 Å². The van der Waals surface area contributed by atoms with Crippen molar-refractivity contribution in [2.45, 2.75) is 26.3 Å². The van der Waals surface area contributed by atoms with E-state index in [-0.39, 0.29) is 18.4 Å². The van der Waals surface area contributed by atoms with Crippen LogP contribution in [0.2, 0.25) is 0 Å². The number of carbonyl (C=O) groups excluding carboxylic acids is 2. The van der Waals surface area contributed by atoms with E-state index in [4.69, 9.17) is 14.9 Å². The van der Waals surface area contributed by atoms with E-state index in [1.54, 1.807) is 24.3 Å². The van der Waals surface area contributed by atoms with Crippen molar-refractivity contribution in [3.8, 4) is 5.75 Å². The lowest BCUT2D eigenvalue weighted by molar-refractivity contribution is -0.119. The molecule has 2 aromatic rings. The molecule has 0 fully saturated rings. The van der Waals surface area contributed by atoms with Crippen LogP contribution in [0.3, 0.4) is 0 Å². The third kappa shape index (κ3) is 4.57. The van der Waals surface area contributed by atoms with Crippen LogP contribution < -0.4 is 15.8 Å². The number of ether oxygens (including phenoxy) is 1. The van der Waals surface area contributed by atoms with Crippen molar-refractivity contribution in [3.63, 3.8) is 0 Å². The number of rotatable bonds is 7. The number of aromatic nitrogens is 1. The van der Waals surface area contributed by atoms with Gasteiger partial charge in [-0.05, 0) is 17.7 Å². The van der Waals surface area contributed by atoms with Crippen LogP contribution in [-0.4, -0.2) is 23.4 Å². The van der Waals surface area contributed by atoms with Crippen molar-refractivity contribution in [2.75, 3.05) is 6.61 Å². The summed E-state index contributed by atoms with van der Waals surface area (Å²) in [6.45, 7) is 4.05. The molecule has 122 valence electrons. The average molecular weight is 317 g/mol. The highest BCUT2D eigenvalue weighted by Gasteiger charge is 2.18. The van der Waals surface area contributed by atoms with Gasteiger partial charge in [0.2, 0.25) is 0 Å². The predicted molar refractivity (Wildman–Crippen MR) is 82.9 cm³/mol. The number of nitrogens with one attached hydrogen (secondary N) is 1. The number of primary amides is 1. The van der Waals surface area contributed by atoms with Crippen molar-refractivity contribution in [1.82, 2.24) is 10.3 Å². The summed E-state index contributed by atoms with van der Waals surface area (Å²) >= 11 is 0. The van der Waals surface area contributed by atoms with Gasteiger partial charge in [-0.15, -0.1) is 0 Å². The van der Waals surface area contributed by atoms with Crippen molar-refractivity contribution in [3.05, 3.63) is 47.7 Å². The molecular formula is C16H19N3O4. The smallest absolute Gasteiger partial charge is 0.273 e. The molecule has 0 aliphatic heterocycles. The fourth-order valence-corrected chi connectivity index (χ4v) is 1.96. The quantitative estimate of drug-likeness (QED) is 0.806. The standard InChI is InChI=1S/C16H19N3O4/c1-10(2)15-14(19-9-23-15)16(21)18-7-11-3-5-12(6-4-11)22-8-13(17)20/h3-6,9-10H,7-8H2,1-2H3,(H2,17,20)(H,18,21). The lowest BCUT2D eigenvalue weighted by Gasteiger charge is -2.07. The number of hydrogen-bond donors (Lipinski definition) is 2. The second-order valence-electron chi connectivity index (χ2n) is 5.30. The molecule has 0 bridgehead atoms. The Bertz CT molecular complexity index is 677. The van der Waals surface area contributed by atoms with Crippen LogP contribution in [0, 0.1) is 0 Å². The van der Waals surface area contributed by atoms with Gasteiger partial charge in [0.05, 0.1) is 0 Å². The van der Waals surface area contributed by atoms with Crippen LogP contribution in [0.4, 0.5) is 0 Å². The molecule has 3 N–H and O–H groups in total. The van der Waals surface area contributed by atoms with E-state index in [1.807, 2.05) is 13.8 Å². The van der Waals surface area contributed by atoms with Gasteiger partial charge in [0.1, 0.15) is 11.5 Å². The number of oxazole rings is 1. The summed E-state index contributed by atoms with van der Waals surface area (Å²) < 4.78 is 10.4. The van der Waals surface area contributed by atoms with E-state index >= 15 is 0 Å². The number of amides is 2. The molecule has 0 saturated carbocycles. The molecule has 23 heavy (non-hydrogen) atoms. The van der Waals surface area contributed by atoms with Gasteiger partial charge in [0.15, 0.2) is 18.7 Å². The van der Waals surface area contributed by atoms with Crippen molar-refractivity contribution >= 4 is 11.8 Å². The monoisotopic (exact) mass is 317 g/mol. The van der Waals surface area contributed by atoms with E-state index in [9.17, 15) is 9.59 Å². The van der Waals surface area contributed by atoms with Gasteiger partial charge < -0.3 is 20.2 Å².